The van der Waals surface area contributed by atoms with Crippen molar-refractivity contribution in [3.05, 3.63) is 59.7 Å². The van der Waals surface area contributed by atoms with E-state index < -0.39 is 23.8 Å². The van der Waals surface area contributed by atoms with Crippen LogP contribution in [0.25, 0.3) is 0 Å². The molecule has 2 aromatic rings. The number of rotatable bonds is 4. The molecule has 1 fully saturated rings. The first-order chi connectivity index (χ1) is 12.5. The molecule has 4 atom stereocenters. The highest BCUT2D eigenvalue weighted by molar-refractivity contribution is 5.87. The number of methoxy groups -OCH3 is 2. The molecular formula is C20H22N2O4. The van der Waals surface area contributed by atoms with Crippen LogP contribution in [0.15, 0.2) is 48.5 Å². The molecule has 136 valence electrons. The summed E-state index contributed by atoms with van der Waals surface area (Å²) in [6, 6.07) is 14.7. The van der Waals surface area contributed by atoms with Gasteiger partial charge in [-0.25, -0.2) is 0 Å². The Hall–Kier alpha value is -3.02. The van der Waals surface area contributed by atoms with Crippen LogP contribution >= 0.6 is 0 Å². The van der Waals surface area contributed by atoms with Gasteiger partial charge in [-0.05, 0) is 35.4 Å². The molecule has 4 N–H and O–H groups in total. The fraction of sp³-hybridized carbons (Fsp3) is 0.300. The molecule has 6 nitrogen and oxygen atoms in total. The summed E-state index contributed by atoms with van der Waals surface area (Å²) in [7, 11) is 2.65. The first-order valence-corrected chi connectivity index (χ1v) is 8.34. The lowest BCUT2D eigenvalue weighted by molar-refractivity contribution is -0.168. The molecule has 6 heteroatoms. The van der Waals surface area contributed by atoms with Crippen molar-refractivity contribution in [1.82, 2.24) is 0 Å². The third-order valence-corrected chi connectivity index (χ3v) is 5.14. The van der Waals surface area contributed by atoms with Crippen LogP contribution in [-0.2, 0) is 19.1 Å². The number of esters is 2. The zero-order valence-corrected chi connectivity index (χ0v) is 14.7. The zero-order valence-electron chi connectivity index (χ0n) is 14.7. The quantitative estimate of drug-likeness (QED) is 0.645. The molecule has 0 aliphatic heterocycles. The molecule has 0 heterocycles. The van der Waals surface area contributed by atoms with E-state index in [1.54, 1.807) is 24.3 Å². The van der Waals surface area contributed by atoms with Crippen molar-refractivity contribution < 1.29 is 19.1 Å². The Morgan fingerprint density at radius 1 is 0.692 bits per heavy atom. The molecule has 0 spiro atoms. The summed E-state index contributed by atoms with van der Waals surface area (Å²) < 4.78 is 9.93. The van der Waals surface area contributed by atoms with Gasteiger partial charge >= 0.3 is 11.9 Å². The number of anilines is 2. The number of carbonyl (C=O) groups is 2. The Bertz CT molecular complexity index is 732. The van der Waals surface area contributed by atoms with Gasteiger partial charge in [-0.3, -0.25) is 9.59 Å². The summed E-state index contributed by atoms with van der Waals surface area (Å²) in [6.07, 6.45) is 0. The van der Waals surface area contributed by atoms with Crippen LogP contribution in [0.5, 0.6) is 0 Å². The number of hydrogen-bond acceptors (Lipinski definition) is 6. The van der Waals surface area contributed by atoms with E-state index in [-0.39, 0.29) is 11.8 Å². The van der Waals surface area contributed by atoms with Crippen molar-refractivity contribution in [3.8, 4) is 0 Å². The summed E-state index contributed by atoms with van der Waals surface area (Å²) in [5.74, 6) is -2.49. The molecule has 26 heavy (non-hydrogen) atoms. The molecule has 0 radical (unpaired) electrons. The molecule has 0 bridgehead atoms. The molecule has 3 rings (SSSR count). The summed E-state index contributed by atoms with van der Waals surface area (Å²) in [4.78, 5) is 24.9. The predicted molar refractivity (Wildman–Crippen MR) is 98.2 cm³/mol. The van der Waals surface area contributed by atoms with Crippen molar-refractivity contribution in [2.75, 3.05) is 25.7 Å². The average molecular weight is 354 g/mol. The lowest BCUT2D eigenvalue weighted by atomic mass is 9.52. The van der Waals surface area contributed by atoms with E-state index in [1.807, 2.05) is 24.3 Å². The molecule has 1 aliphatic carbocycles. The van der Waals surface area contributed by atoms with Gasteiger partial charge in [-0.15, -0.1) is 0 Å². The molecule has 1 saturated carbocycles. The maximum atomic E-state index is 12.4. The van der Waals surface area contributed by atoms with E-state index in [2.05, 4.69) is 0 Å². The number of nitrogens with two attached hydrogens (primary N) is 2. The number of ether oxygens (including phenoxy) is 2. The van der Waals surface area contributed by atoms with Crippen molar-refractivity contribution in [2.24, 2.45) is 11.8 Å². The molecule has 0 saturated heterocycles. The summed E-state index contributed by atoms with van der Waals surface area (Å²) >= 11 is 0. The highest BCUT2D eigenvalue weighted by atomic mass is 16.5. The van der Waals surface area contributed by atoms with Gasteiger partial charge in [-0.2, -0.15) is 0 Å². The van der Waals surface area contributed by atoms with Crippen LogP contribution in [0.3, 0.4) is 0 Å². The maximum absolute atomic E-state index is 12.4. The van der Waals surface area contributed by atoms with E-state index in [9.17, 15) is 9.59 Å². The lowest BCUT2D eigenvalue weighted by Crippen LogP contribution is -2.52. The number of benzene rings is 2. The van der Waals surface area contributed by atoms with Gasteiger partial charge in [0.2, 0.25) is 0 Å². The SMILES string of the molecule is COC(=O)[C@H]1[C@H](C(=O)OC)[C@@H](c2ccc(N)cc2)[C@@H]1c1ccc(N)cc1. The van der Waals surface area contributed by atoms with E-state index in [0.29, 0.717) is 11.4 Å². The van der Waals surface area contributed by atoms with Gasteiger partial charge in [-0.1, -0.05) is 24.3 Å². The van der Waals surface area contributed by atoms with Gasteiger partial charge in [0.05, 0.1) is 26.1 Å². The second-order valence-electron chi connectivity index (χ2n) is 6.48. The van der Waals surface area contributed by atoms with Crippen molar-refractivity contribution in [2.45, 2.75) is 11.8 Å². The summed E-state index contributed by atoms with van der Waals surface area (Å²) in [5, 5.41) is 0. The van der Waals surface area contributed by atoms with Crippen LogP contribution < -0.4 is 11.5 Å². The fourth-order valence-electron chi connectivity index (χ4n) is 3.87. The Labute approximate surface area is 152 Å². The van der Waals surface area contributed by atoms with E-state index >= 15 is 0 Å². The average Bonchev–Trinajstić information content (AvgIpc) is 2.63. The van der Waals surface area contributed by atoms with Gasteiger partial charge in [0.25, 0.3) is 0 Å². The second-order valence-corrected chi connectivity index (χ2v) is 6.48. The zero-order chi connectivity index (χ0) is 18.8. The van der Waals surface area contributed by atoms with Crippen LogP contribution in [-0.4, -0.2) is 26.2 Å². The number of nitrogen functional groups attached to an aromatic ring is 2. The minimum atomic E-state index is -0.612. The topological polar surface area (TPSA) is 105 Å². The summed E-state index contributed by atoms with van der Waals surface area (Å²) in [5.41, 5.74) is 14.7. The Morgan fingerprint density at radius 2 is 1.00 bits per heavy atom. The molecule has 2 aromatic carbocycles. The van der Waals surface area contributed by atoms with Crippen LogP contribution in [0.1, 0.15) is 23.0 Å². The molecule has 0 aromatic heterocycles. The van der Waals surface area contributed by atoms with E-state index in [0.717, 1.165) is 11.1 Å². The second kappa shape index (κ2) is 7.07. The third-order valence-electron chi connectivity index (χ3n) is 5.14. The minimum Gasteiger partial charge on any atom is -0.469 e. The van der Waals surface area contributed by atoms with Gasteiger partial charge < -0.3 is 20.9 Å². The third kappa shape index (κ3) is 2.98. The van der Waals surface area contributed by atoms with E-state index in [1.165, 1.54) is 14.2 Å². The van der Waals surface area contributed by atoms with Crippen molar-refractivity contribution >= 4 is 23.3 Å². The van der Waals surface area contributed by atoms with Crippen molar-refractivity contribution in [3.63, 3.8) is 0 Å². The molecular weight excluding hydrogens is 332 g/mol. The normalized spacial score (nSPS) is 24.4. The largest absolute Gasteiger partial charge is 0.469 e. The van der Waals surface area contributed by atoms with Gasteiger partial charge in [0.15, 0.2) is 0 Å². The predicted octanol–water partition coefficient (Wildman–Crippen LogP) is 2.31. The standard InChI is InChI=1S/C20H22N2O4/c1-25-19(23)17-15(11-3-7-13(21)8-4-11)16(18(17)20(24)26-2)12-5-9-14(22)10-6-12/h3-10,15-18H,21-22H2,1-2H3/t15-,16-,17+,18+/m0/s1. The Balaban J connectivity index is 2.08. The molecule has 1 aliphatic rings. The fourth-order valence-corrected chi connectivity index (χ4v) is 3.87. The van der Waals surface area contributed by atoms with Gasteiger partial charge in [0.1, 0.15) is 0 Å². The number of hydrogen-bond donors (Lipinski definition) is 2. The Kier molecular flexibility index (Phi) is 4.84. The lowest BCUT2D eigenvalue weighted by Gasteiger charge is -2.49. The van der Waals surface area contributed by atoms with Crippen LogP contribution in [0.2, 0.25) is 0 Å². The first kappa shape index (κ1) is 17.8. The van der Waals surface area contributed by atoms with Gasteiger partial charge in [0, 0.05) is 23.2 Å². The highest BCUT2D eigenvalue weighted by Crippen LogP contribution is 2.58. The summed E-state index contributed by atoms with van der Waals surface area (Å²) in [6.45, 7) is 0. The highest BCUT2D eigenvalue weighted by Gasteiger charge is 2.59. The smallest absolute Gasteiger partial charge is 0.310 e. The van der Waals surface area contributed by atoms with Crippen LogP contribution in [0.4, 0.5) is 11.4 Å². The molecule has 0 unspecified atom stereocenters. The first-order valence-electron chi connectivity index (χ1n) is 8.34. The number of carbonyl (C=O) groups excluding carboxylic acids is 2. The molecule has 0 amide bonds. The van der Waals surface area contributed by atoms with Crippen molar-refractivity contribution in [1.29, 1.82) is 0 Å². The Morgan fingerprint density at radius 3 is 1.27 bits per heavy atom. The monoisotopic (exact) mass is 354 g/mol. The minimum absolute atomic E-state index is 0.212. The maximum Gasteiger partial charge on any atom is 0.310 e. The van der Waals surface area contributed by atoms with Crippen LogP contribution in [0, 0.1) is 11.8 Å². The van der Waals surface area contributed by atoms with E-state index in [4.69, 9.17) is 20.9 Å².